The lowest BCUT2D eigenvalue weighted by Gasteiger charge is -2.33. The van der Waals surface area contributed by atoms with Crippen molar-refractivity contribution in [1.82, 2.24) is 69.4 Å². The van der Waals surface area contributed by atoms with Crippen LogP contribution in [0.1, 0.15) is 29.7 Å². The number of rotatable bonds is 17. The smallest absolute Gasteiger partial charge is 0.135 e. The van der Waals surface area contributed by atoms with Crippen LogP contribution in [-0.4, -0.2) is 175 Å². The number of aromatic nitrogens is 13. The molecule has 9 N–H and O–H groups in total. The molecule has 15 rings (SSSR count). The number of anilines is 3. The lowest BCUT2D eigenvalue weighted by molar-refractivity contribution is 0.144. The van der Waals surface area contributed by atoms with Gasteiger partial charge < -0.3 is 51.9 Å². The van der Waals surface area contributed by atoms with Gasteiger partial charge in [-0.1, -0.05) is 101 Å². The van der Waals surface area contributed by atoms with Crippen molar-refractivity contribution in [3.8, 4) is 89.7 Å². The van der Waals surface area contributed by atoms with E-state index < -0.39 is 12.2 Å². The number of nitrogens with two attached hydrogens (primary N) is 2. The zero-order chi connectivity index (χ0) is 69.5. The third-order valence-electron chi connectivity index (χ3n) is 16.9. The molecular weight excluding hydrogens is 1380 g/mol. The van der Waals surface area contributed by atoms with Crippen LogP contribution in [0.25, 0.3) is 89.7 Å². The monoisotopic (exact) mass is 1470 g/mol. The number of piperazine rings is 1. The summed E-state index contributed by atoms with van der Waals surface area (Å²) in [5.41, 5.74) is 26.4. The Morgan fingerprint density at radius 2 is 0.837 bits per heavy atom. The Balaban J connectivity index is 0.000000174. The largest absolute Gasteiger partial charge is 0.394 e. The predicted molar refractivity (Wildman–Crippen MR) is 417 cm³/mol. The van der Waals surface area contributed by atoms with E-state index in [1.807, 2.05) is 136 Å². The first-order chi connectivity index (χ1) is 48.9. The van der Waals surface area contributed by atoms with E-state index in [1.165, 1.54) is 18.5 Å². The molecule has 0 amide bonds. The molecule has 1 saturated heterocycles. The zero-order valence-corrected chi connectivity index (χ0v) is 56.8. The number of fused-ring (bicyclic) bond motifs is 2. The molecule has 3 aliphatic rings. The summed E-state index contributed by atoms with van der Waals surface area (Å²) in [5, 5.41) is 63.6. The number of halogens is 4. The number of benzene rings is 4. The third kappa shape index (κ3) is 18.7. The van der Waals surface area contributed by atoms with Gasteiger partial charge in [0.05, 0.1) is 74.0 Å². The van der Waals surface area contributed by atoms with E-state index in [0.29, 0.717) is 80.5 Å². The quantitative estimate of drug-likeness (QED) is 0.0446. The Labute approximate surface area is 621 Å². The zero-order valence-electron chi connectivity index (χ0n) is 54.6. The van der Waals surface area contributed by atoms with Crippen LogP contribution >= 0.6 is 34.8 Å². The van der Waals surface area contributed by atoms with Crippen LogP contribution in [0.2, 0.25) is 15.1 Å². The molecule has 4 aromatic carbocycles. The molecule has 27 heteroatoms. The van der Waals surface area contributed by atoms with Crippen molar-refractivity contribution in [3.05, 3.63) is 216 Å². The first kappa shape index (κ1) is 79.9. The van der Waals surface area contributed by atoms with E-state index in [2.05, 4.69) is 50.0 Å². The lowest BCUT2D eigenvalue weighted by Crippen LogP contribution is -2.44. The van der Waals surface area contributed by atoms with E-state index in [0.717, 1.165) is 133 Å². The van der Waals surface area contributed by atoms with Crippen LogP contribution in [0.3, 0.4) is 0 Å². The fourth-order valence-electron chi connectivity index (χ4n) is 12.5. The molecule has 0 spiro atoms. The first-order valence-electron chi connectivity index (χ1n) is 32.7. The van der Waals surface area contributed by atoms with Crippen LogP contribution in [0, 0.1) is 5.82 Å². The molecule has 1 fully saturated rings. The van der Waals surface area contributed by atoms with Gasteiger partial charge in [-0.25, -0.2) is 28.4 Å². The Hall–Kier alpha value is -9.83. The standard InChI is InChI=1S/C20H22ClN5O.C19H20ClN5O.C19H20FN5O.C15H13ClN4O.4CH4/c21-17-3-1-16(2-4-17)19-18(15-5-7-22-8-6-15)20(26(24-19)13-14-27)25-11-9-23-10-12-25;2*20-15-3-1-14(2-4-15)18-17(13-5-8-22-9-6-13)19-24(10-7-21)11-16(26)12-25(19)23-18;16-12-3-1-11(2-4-12)15-13(9-20(19-15)7-8-21)14-5-6-17-10-18-14;;;;/h1-8,23,27H,9-14H2;2*1-6,8-9,16,26H,7,10-12,21H2;1-6,9-10,21H,7-8H2;4*1H4. The molecule has 23 nitrogen and oxygen atoms in total. The second kappa shape index (κ2) is 38.1. The fraction of sp³-hybridized carbons (Fsp3) is 0.286. The normalized spacial score (nSPS) is 14.2. The number of pyridine rings is 3. The SMILES string of the molecule is C.C.C.C.NCCN1CC(O)Cn2nc(-c3ccc(Cl)cc3)c(-c3ccncc3)c21.NCCN1CC(O)Cn2nc(-c3ccc(F)cc3)c(-c3ccncc3)c21.OCCn1cc(-c2ccncn2)c(-c2ccc(Cl)cc2)n1.OCCn1nc(-c2ccc(Cl)cc2)c(-c2ccncc2)c1N1CCNCC1. The Kier molecular flexibility index (Phi) is 29.2. The molecule has 0 aliphatic carbocycles. The van der Waals surface area contributed by atoms with Crippen molar-refractivity contribution < 1.29 is 24.8 Å². The molecule has 2 unspecified atom stereocenters. The maximum atomic E-state index is 13.4. The highest BCUT2D eigenvalue weighted by atomic mass is 35.5. The second-order valence-corrected chi connectivity index (χ2v) is 25.0. The van der Waals surface area contributed by atoms with Gasteiger partial charge in [0.2, 0.25) is 0 Å². The van der Waals surface area contributed by atoms with Crippen molar-refractivity contribution in [2.75, 3.05) is 93.4 Å². The molecule has 2 atom stereocenters. The van der Waals surface area contributed by atoms with Crippen molar-refractivity contribution in [2.24, 2.45) is 11.5 Å². The van der Waals surface area contributed by atoms with Crippen LogP contribution in [0.4, 0.5) is 21.8 Å². The molecule has 11 heterocycles. The number of hydrogen-bond acceptors (Lipinski definition) is 19. The highest BCUT2D eigenvalue weighted by molar-refractivity contribution is 6.31. The summed E-state index contributed by atoms with van der Waals surface area (Å²) in [5.74, 6) is 2.66. The summed E-state index contributed by atoms with van der Waals surface area (Å²) < 4.78 is 20.7. The number of nitrogens with zero attached hydrogens (tertiary/aromatic N) is 16. The number of aliphatic hydroxyl groups excluding tert-OH is 4. The van der Waals surface area contributed by atoms with Crippen LogP contribution in [0.15, 0.2) is 195 Å². The summed E-state index contributed by atoms with van der Waals surface area (Å²) in [6.45, 7) is 8.77. The van der Waals surface area contributed by atoms with Crippen molar-refractivity contribution in [2.45, 2.75) is 68.1 Å². The maximum Gasteiger partial charge on any atom is 0.135 e. The summed E-state index contributed by atoms with van der Waals surface area (Å²) in [6.07, 6.45) is 14.7. The van der Waals surface area contributed by atoms with E-state index in [1.54, 1.807) is 60.2 Å². The van der Waals surface area contributed by atoms with Gasteiger partial charge in [0, 0.05) is 158 Å². The van der Waals surface area contributed by atoms with Gasteiger partial charge in [-0.2, -0.15) is 20.4 Å². The average molecular weight is 1470 g/mol. The maximum absolute atomic E-state index is 13.4. The second-order valence-electron chi connectivity index (χ2n) is 23.7. The Morgan fingerprint density at radius 3 is 1.24 bits per heavy atom. The van der Waals surface area contributed by atoms with E-state index in [-0.39, 0.29) is 48.7 Å². The number of hydrogen-bond donors (Lipinski definition) is 7. The van der Waals surface area contributed by atoms with Crippen molar-refractivity contribution in [1.29, 1.82) is 0 Å². The minimum Gasteiger partial charge on any atom is -0.394 e. The molecule has 3 aliphatic heterocycles. The number of nitrogens with one attached hydrogen (secondary N) is 1. The van der Waals surface area contributed by atoms with E-state index >= 15 is 0 Å². The van der Waals surface area contributed by atoms with E-state index in [4.69, 9.17) is 66.7 Å². The first-order valence-corrected chi connectivity index (χ1v) is 33.9. The average Bonchev–Trinajstić information content (AvgIpc) is 1.61. The molecule has 8 aromatic heterocycles. The molecule has 0 radical (unpaired) electrons. The van der Waals surface area contributed by atoms with Gasteiger partial charge in [-0.05, 0) is 120 Å². The molecule has 104 heavy (non-hydrogen) atoms. The highest BCUT2D eigenvalue weighted by Gasteiger charge is 2.33. The minimum absolute atomic E-state index is 0. The Bertz CT molecular complexity index is 4420. The predicted octanol–water partition coefficient (Wildman–Crippen LogP) is 12.2. The van der Waals surface area contributed by atoms with Gasteiger partial charge in [0.15, 0.2) is 0 Å². The highest BCUT2D eigenvalue weighted by Crippen LogP contribution is 2.44. The lowest BCUT2D eigenvalue weighted by atomic mass is 10.0. The fourth-order valence-corrected chi connectivity index (χ4v) is 12.9. The Morgan fingerprint density at radius 1 is 0.442 bits per heavy atom. The minimum atomic E-state index is -0.514. The molecule has 0 saturated carbocycles. The number of β-amino-alcohol motifs (C(OH)–C–C–N with tert-alkyl or cyclic N) is 2. The van der Waals surface area contributed by atoms with Crippen molar-refractivity contribution in [3.63, 3.8) is 0 Å². The summed E-state index contributed by atoms with van der Waals surface area (Å²) in [6, 6.07) is 42.8. The van der Waals surface area contributed by atoms with E-state index in [9.17, 15) is 19.7 Å². The van der Waals surface area contributed by atoms with Crippen LogP contribution < -0.4 is 31.5 Å². The summed E-state index contributed by atoms with van der Waals surface area (Å²) in [7, 11) is 0. The van der Waals surface area contributed by atoms with Crippen LogP contribution in [0.5, 0.6) is 0 Å². The molecule has 546 valence electrons. The molecular formula is C77H91Cl3FN19O4. The van der Waals surface area contributed by atoms with Gasteiger partial charge in [-0.3, -0.25) is 19.6 Å². The van der Waals surface area contributed by atoms with Crippen molar-refractivity contribution >= 4 is 52.3 Å². The third-order valence-corrected chi connectivity index (χ3v) is 17.6. The van der Waals surface area contributed by atoms with Gasteiger partial charge >= 0.3 is 0 Å². The van der Waals surface area contributed by atoms with Gasteiger partial charge in [0.25, 0.3) is 0 Å². The summed E-state index contributed by atoms with van der Waals surface area (Å²) >= 11 is 18.1. The number of aliphatic hydroxyl groups is 4. The van der Waals surface area contributed by atoms with Gasteiger partial charge in [-0.15, -0.1) is 0 Å². The van der Waals surface area contributed by atoms with Crippen LogP contribution in [-0.2, 0) is 26.2 Å². The van der Waals surface area contributed by atoms with Gasteiger partial charge in [0.1, 0.15) is 52.4 Å². The molecule has 0 bridgehead atoms. The molecule has 12 aromatic rings. The summed E-state index contributed by atoms with van der Waals surface area (Å²) in [4.78, 5) is 27.1. The topological polar surface area (TPSA) is 290 Å².